The molecule has 0 unspecified atom stereocenters. The lowest BCUT2D eigenvalue weighted by Crippen LogP contribution is -2.25. The summed E-state index contributed by atoms with van der Waals surface area (Å²) in [6.07, 6.45) is -0.0535. The normalized spacial score (nSPS) is 13.5. The number of aromatic nitrogens is 2. The third-order valence-electron chi connectivity index (χ3n) is 6.35. The van der Waals surface area contributed by atoms with E-state index in [-0.39, 0.29) is 17.0 Å². The van der Waals surface area contributed by atoms with Gasteiger partial charge in [-0.05, 0) is 55.4 Å². The van der Waals surface area contributed by atoms with Crippen LogP contribution < -0.4 is 10.9 Å². The van der Waals surface area contributed by atoms with Crippen molar-refractivity contribution in [1.82, 2.24) is 9.55 Å². The van der Waals surface area contributed by atoms with Gasteiger partial charge in [-0.3, -0.25) is 14.2 Å². The molecule has 0 spiro atoms. The largest absolute Gasteiger partial charge is 0.418 e. The predicted molar refractivity (Wildman–Crippen MR) is 141 cm³/mol. The van der Waals surface area contributed by atoms with E-state index in [2.05, 4.69) is 5.32 Å². The molecule has 37 heavy (non-hydrogen) atoms. The van der Waals surface area contributed by atoms with E-state index in [0.717, 1.165) is 54.6 Å². The molecule has 1 amide bonds. The number of thioether (sulfide) groups is 1. The van der Waals surface area contributed by atoms with Crippen LogP contribution in [0.4, 0.5) is 18.9 Å². The Labute approximate surface area is 219 Å². The second-order valence-electron chi connectivity index (χ2n) is 8.86. The van der Waals surface area contributed by atoms with Gasteiger partial charge in [-0.15, -0.1) is 11.3 Å². The van der Waals surface area contributed by atoms with Gasteiger partial charge < -0.3 is 5.32 Å². The lowest BCUT2D eigenvalue weighted by Gasteiger charge is -2.15. The summed E-state index contributed by atoms with van der Waals surface area (Å²) in [5, 5.41) is 3.43. The molecule has 2 aromatic heterocycles. The fourth-order valence-electron chi connectivity index (χ4n) is 4.57. The fraction of sp³-hybridized carbons (Fsp3) is 0.296. The Bertz CT molecular complexity index is 1500. The number of anilines is 1. The molecule has 0 atom stereocenters. The van der Waals surface area contributed by atoms with Crippen molar-refractivity contribution in [3.63, 3.8) is 0 Å². The Morgan fingerprint density at radius 1 is 1.05 bits per heavy atom. The van der Waals surface area contributed by atoms with E-state index in [1.54, 1.807) is 4.57 Å². The highest BCUT2D eigenvalue weighted by molar-refractivity contribution is 7.99. The highest BCUT2D eigenvalue weighted by Crippen LogP contribution is 2.36. The predicted octanol–water partition coefficient (Wildman–Crippen LogP) is 6.33. The SMILES string of the molecule is O=C(CSc1nc2sc3c(c2c(=O)n1CCc1ccccc1)CCCC3)Nc1ccccc1C(F)(F)F. The van der Waals surface area contributed by atoms with E-state index in [0.29, 0.717) is 28.3 Å². The molecule has 5 nitrogen and oxygen atoms in total. The maximum atomic E-state index is 13.7. The van der Waals surface area contributed by atoms with Gasteiger partial charge in [-0.1, -0.05) is 54.2 Å². The molecule has 2 aromatic carbocycles. The minimum absolute atomic E-state index is 0.120. The zero-order chi connectivity index (χ0) is 26.0. The van der Waals surface area contributed by atoms with E-state index in [1.165, 1.54) is 34.4 Å². The molecular weight excluding hydrogens is 519 g/mol. The number of benzene rings is 2. The number of fused-ring (bicyclic) bond motifs is 3. The van der Waals surface area contributed by atoms with Gasteiger partial charge in [0.1, 0.15) is 4.83 Å². The van der Waals surface area contributed by atoms with Crippen LogP contribution in [0.2, 0.25) is 0 Å². The average molecular weight is 544 g/mol. The van der Waals surface area contributed by atoms with Crippen molar-refractivity contribution in [2.24, 2.45) is 0 Å². The number of rotatable bonds is 7. The standard InChI is InChI=1S/C27H24F3N3O2S2/c28-27(29,30)19-11-5-6-12-20(19)31-22(34)16-36-26-32-24-23(18-10-4-7-13-21(18)37-24)25(35)33(26)15-14-17-8-2-1-3-9-17/h1-3,5-6,8-9,11-12H,4,7,10,13-16H2,(H,31,34). The quantitative estimate of drug-likeness (QED) is 0.219. The topological polar surface area (TPSA) is 64.0 Å². The van der Waals surface area contributed by atoms with Crippen LogP contribution in [-0.4, -0.2) is 21.2 Å². The Morgan fingerprint density at radius 2 is 1.78 bits per heavy atom. The lowest BCUT2D eigenvalue weighted by molar-refractivity contribution is -0.137. The van der Waals surface area contributed by atoms with Crippen LogP contribution in [0.15, 0.2) is 64.5 Å². The molecule has 0 aliphatic heterocycles. The van der Waals surface area contributed by atoms with Crippen LogP contribution in [0.1, 0.15) is 34.4 Å². The molecule has 10 heteroatoms. The molecule has 192 valence electrons. The number of hydrogen-bond donors (Lipinski definition) is 1. The smallest absolute Gasteiger partial charge is 0.325 e. The highest BCUT2D eigenvalue weighted by atomic mass is 32.2. The minimum atomic E-state index is -4.58. The molecule has 1 N–H and O–H groups in total. The number of carbonyl (C=O) groups is 1. The van der Waals surface area contributed by atoms with E-state index in [4.69, 9.17) is 4.98 Å². The number of para-hydroxylation sites is 1. The summed E-state index contributed by atoms with van der Waals surface area (Å²) in [5.74, 6) is -0.781. The first kappa shape index (κ1) is 25.5. The number of carbonyl (C=O) groups excluding carboxylic acids is 1. The van der Waals surface area contributed by atoms with Crippen molar-refractivity contribution in [1.29, 1.82) is 0 Å². The van der Waals surface area contributed by atoms with Gasteiger partial charge in [0.2, 0.25) is 5.91 Å². The number of aryl methyl sites for hydroxylation is 3. The van der Waals surface area contributed by atoms with Gasteiger partial charge in [0, 0.05) is 11.4 Å². The van der Waals surface area contributed by atoms with Crippen molar-refractivity contribution in [2.45, 2.75) is 50.0 Å². The first-order valence-electron chi connectivity index (χ1n) is 12.0. The summed E-state index contributed by atoms with van der Waals surface area (Å²) >= 11 is 2.59. The van der Waals surface area contributed by atoms with Gasteiger partial charge in [0.25, 0.3) is 5.56 Å². The minimum Gasteiger partial charge on any atom is -0.325 e. The summed E-state index contributed by atoms with van der Waals surface area (Å²) < 4.78 is 41.6. The molecule has 0 saturated heterocycles. The molecular formula is C27H24F3N3O2S2. The number of nitrogens with zero attached hydrogens (tertiary/aromatic N) is 2. The van der Waals surface area contributed by atoms with E-state index in [1.807, 2.05) is 30.3 Å². The molecule has 0 fully saturated rings. The third kappa shape index (κ3) is 5.60. The zero-order valence-corrected chi connectivity index (χ0v) is 21.4. The first-order valence-corrected chi connectivity index (χ1v) is 13.8. The van der Waals surface area contributed by atoms with E-state index in [9.17, 15) is 22.8 Å². The Hall–Kier alpha value is -3.11. The Balaban J connectivity index is 1.43. The fourth-order valence-corrected chi connectivity index (χ4v) is 6.70. The van der Waals surface area contributed by atoms with Gasteiger partial charge >= 0.3 is 6.18 Å². The van der Waals surface area contributed by atoms with Crippen molar-refractivity contribution in [3.05, 3.63) is 86.5 Å². The van der Waals surface area contributed by atoms with Crippen molar-refractivity contribution < 1.29 is 18.0 Å². The van der Waals surface area contributed by atoms with Crippen molar-refractivity contribution in [3.8, 4) is 0 Å². The number of amides is 1. The molecule has 2 heterocycles. The number of alkyl halides is 3. The highest BCUT2D eigenvalue weighted by Gasteiger charge is 2.33. The molecule has 0 radical (unpaired) electrons. The van der Waals surface area contributed by atoms with Crippen LogP contribution in [0.3, 0.4) is 0 Å². The molecule has 1 aliphatic rings. The number of thiophene rings is 1. The third-order valence-corrected chi connectivity index (χ3v) is 8.51. The molecule has 1 aliphatic carbocycles. The summed E-state index contributed by atoms with van der Waals surface area (Å²) in [7, 11) is 0. The second kappa shape index (κ2) is 10.7. The van der Waals surface area contributed by atoms with Gasteiger partial charge in [-0.25, -0.2) is 4.98 Å². The van der Waals surface area contributed by atoms with Crippen LogP contribution in [-0.2, 0) is 36.8 Å². The first-order chi connectivity index (χ1) is 17.8. The maximum Gasteiger partial charge on any atom is 0.418 e. The molecule has 4 aromatic rings. The number of nitrogens with one attached hydrogen (secondary N) is 1. The Kier molecular flexibility index (Phi) is 7.39. The summed E-state index contributed by atoms with van der Waals surface area (Å²) in [4.78, 5) is 33.0. The van der Waals surface area contributed by atoms with Gasteiger partial charge in [0.15, 0.2) is 5.16 Å². The van der Waals surface area contributed by atoms with Crippen LogP contribution in [0.25, 0.3) is 10.2 Å². The number of hydrogen-bond acceptors (Lipinski definition) is 5. The van der Waals surface area contributed by atoms with Crippen LogP contribution in [0.5, 0.6) is 0 Å². The average Bonchev–Trinajstić information content (AvgIpc) is 3.26. The zero-order valence-electron chi connectivity index (χ0n) is 19.8. The monoisotopic (exact) mass is 543 g/mol. The van der Waals surface area contributed by atoms with Crippen LogP contribution >= 0.6 is 23.1 Å². The van der Waals surface area contributed by atoms with Crippen molar-refractivity contribution >= 4 is 44.9 Å². The van der Waals surface area contributed by atoms with Crippen LogP contribution in [0, 0.1) is 0 Å². The molecule has 0 saturated carbocycles. The lowest BCUT2D eigenvalue weighted by atomic mass is 9.97. The molecule has 5 rings (SSSR count). The summed E-state index contributed by atoms with van der Waals surface area (Å²) in [5.41, 5.74) is 0.841. The maximum absolute atomic E-state index is 13.7. The Morgan fingerprint density at radius 3 is 2.57 bits per heavy atom. The second-order valence-corrected chi connectivity index (χ2v) is 10.9. The summed E-state index contributed by atoms with van der Waals surface area (Å²) in [6, 6.07) is 14.6. The van der Waals surface area contributed by atoms with Gasteiger partial charge in [-0.2, -0.15) is 13.2 Å². The summed E-state index contributed by atoms with van der Waals surface area (Å²) in [6.45, 7) is 0.386. The van der Waals surface area contributed by atoms with Gasteiger partial charge in [0.05, 0.1) is 22.4 Å². The van der Waals surface area contributed by atoms with E-state index < -0.39 is 17.6 Å². The number of halogens is 3. The van der Waals surface area contributed by atoms with Crippen molar-refractivity contribution in [2.75, 3.05) is 11.1 Å². The van der Waals surface area contributed by atoms with E-state index >= 15 is 0 Å². The molecule has 0 bridgehead atoms.